The third kappa shape index (κ3) is 5.07. The zero-order chi connectivity index (χ0) is 13.7. The SMILES string of the molecule is CC1(C)CN=C(SCCOc2cccc(Br)c2)NC1. The number of benzene rings is 1. The van der Waals surface area contributed by atoms with E-state index in [1.807, 2.05) is 24.3 Å². The summed E-state index contributed by atoms with van der Waals surface area (Å²) in [5.74, 6) is 1.80. The number of ether oxygens (including phenoxy) is 1. The van der Waals surface area contributed by atoms with E-state index in [2.05, 4.69) is 40.1 Å². The van der Waals surface area contributed by atoms with Crippen LogP contribution in [-0.4, -0.2) is 30.6 Å². The molecule has 0 atom stereocenters. The first-order chi connectivity index (χ1) is 9.05. The topological polar surface area (TPSA) is 33.6 Å². The van der Waals surface area contributed by atoms with Gasteiger partial charge < -0.3 is 10.1 Å². The number of amidine groups is 1. The van der Waals surface area contributed by atoms with Gasteiger partial charge in [-0.1, -0.05) is 47.6 Å². The molecular weight excluding hydrogens is 324 g/mol. The first-order valence-corrected chi connectivity index (χ1v) is 8.13. The Labute approximate surface area is 127 Å². The van der Waals surface area contributed by atoms with Crippen LogP contribution in [0.4, 0.5) is 0 Å². The number of hydrogen-bond donors (Lipinski definition) is 1. The van der Waals surface area contributed by atoms with Gasteiger partial charge in [0.25, 0.3) is 0 Å². The molecule has 1 heterocycles. The fourth-order valence-corrected chi connectivity index (χ4v) is 2.73. The summed E-state index contributed by atoms with van der Waals surface area (Å²) in [6.45, 7) is 7.02. The highest BCUT2D eigenvalue weighted by molar-refractivity contribution is 9.10. The first-order valence-electron chi connectivity index (χ1n) is 6.35. The molecule has 0 aliphatic carbocycles. The van der Waals surface area contributed by atoms with Crippen molar-refractivity contribution in [2.24, 2.45) is 10.4 Å². The van der Waals surface area contributed by atoms with E-state index in [0.717, 1.165) is 34.2 Å². The fourth-order valence-electron chi connectivity index (χ4n) is 1.66. The molecule has 0 saturated carbocycles. The molecule has 1 aliphatic rings. The van der Waals surface area contributed by atoms with Crippen LogP contribution < -0.4 is 10.1 Å². The second-order valence-electron chi connectivity index (χ2n) is 5.29. The molecule has 0 spiro atoms. The third-order valence-corrected chi connectivity index (χ3v) is 4.17. The van der Waals surface area contributed by atoms with Crippen molar-refractivity contribution < 1.29 is 4.74 Å². The summed E-state index contributed by atoms with van der Waals surface area (Å²) in [6, 6.07) is 7.91. The molecule has 1 aromatic rings. The number of halogens is 1. The van der Waals surface area contributed by atoms with Crippen molar-refractivity contribution in [3.63, 3.8) is 0 Å². The number of nitrogens with one attached hydrogen (secondary N) is 1. The lowest BCUT2D eigenvalue weighted by atomic mass is 9.93. The van der Waals surface area contributed by atoms with Gasteiger partial charge in [-0.2, -0.15) is 0 Å². The van der Waals surface area contributed by atoms with Crippen molar-refractivity contribution in [1.29, 1.82) is 0 Å². The highest BCUT2D eigenvalue weighted by atomic mass is 79.9. The van der Waals surface area contributed by atoms with Crippen LogP contribution in [0.1, 0.15) is 13.8 Å². The van der Waals surface area contributed by atoms with Gasteiger partial charge in [-0.3, -0.25) is 4.99 Å². The minimum absolute atomic E-state index is 0.275. The van der Waals surface area contributed by atoms with E-state index in [4.69, 9.17) is 4.74 Å². The molecule has 104 valence electrons. The molecule has 0 radical (unpaired) electrons. The number of nitrogens with zero attached hydrogens (tertiary/aromatic N) is 1. The summed E-state index contributed by atoms with van der Waals surface area (Å²) in [5.41, 5.74) is 0.275. The Morgan fingerprint density at radius 3 is 3.00 bits per heavy atom. The van der Waals surface area contributed by atoms with E-state index in [1.54, 1.807) is 11.8 Å². The summed E-state index contributed by atoms with van der Waals surface area (Å²) < 4.78 is 6.73. The van der Waals surface area contributed by atoms with Gasteiger partial charge >= 0.3 is 0 Å². The van der Waals surface area contributed by atoms with Crippen molar-refractivity contribution in [2.45, 2.75) is 13.8 Å². The van der Waals surface area contributed by atoms with Crippen LogP contribution in [-0.2, 0) is 0 Å². The highest BCUT2D eigenvalue weighted by Gasteiger charge is 2.22. The number of hydrogen-bond acceptors (Lipinski definition) is 4. The minimum Gasteiger partial charge on any atom is -0.493 e. The van der Waals surface area contributed by atoms with Crippen molar-refractivity contribution in [3.05, 3.63) is 28.7 Å². The third-order valence-electron chi connectivity index (χ3n) is 2.76. The van der Waals surface area contributed by atoms with Gasteiger partial charge in [-0.15, -0.1) is 0 Å². The van der Waals surface area contributed by atoms with Crippen LogP contribution in [0.3, 0.4) is 0 Å². The van der Waals surface area contributed by atoms with Gasteiger partial charge in [0.2, 0.25) is 0 Å². The van der Waals surface area contributed by atoms with E-state index in [9.17, 15) is 0 Å². The first kappa shape index (κ1) is 14.7. The average Bonchev–Trinajstić information content (AvgIpc) is 2.36. The molecule has 0 amide bonds. The molecule has 0 aromatic heterocycles. The molecule has 1 N–H and O–H groups in total. The Hall–Kier alpha value is -0.680. The molecule has 3 nitrogen and oxygen atoms in total. The number of thioether (sulfide) groups is 1. The second-order valence-corrected chi connectivity index (χ2v) is 7.29. The monoisotopic (exact) mass is 342 g/mol. The smallest absolute Gasteiger partial charge is 0.156 e. The largest absolute Gasteiger partial charge is 0.493 e. The lowest BCUT2D eigenvalue weighted by Gasteiger charge is -2.28. The number of rotatable bonds is 4. The molecule has 2 rings (SSSR count). The summed E-state index contributed by atoms with van der Waals surface area (Å²) in [7, 11) is 0. The Morgan fingerprint density at radius 2 is 2.32 bits per heavy atom. The minimum atomic E-state index is 0.275. The van der Waals surface area contributed by atoms with E-state index >= 15 is 0 Å². The summed E-state index contributed by atoms with van der Waals surface area (Å²) in [6.07, 6.45) is 0. The summed E-state index contributed by atoms with van der Waals surface area (Å²) in [5, 5.41) is 4.41. The summed E-state index contributed by atoms with van der Waals surface area (Å²) in [4.78, 5) is 4.55. The van der Waals surface area contributed by atoms with Crippen molar-refractivity contribution in [2.75, 3.05) is 25.4 Å². The highest BCUT2D eigenvalue weighted by Crippen LogP contribution is 2.20. The van der Waals surface area contributed by atoms with Gasteiger partial charge in [0.1, 0.15) is 5.75 Å². The van der Waals surface area contributed by atoms with Crippen LogP contribution in [0.25, 0.3) is 0 Å². The standard InChI is InChI=1S/C14H19BrN2OS/c1-14(2)9-16-13(17-10-14)19-7-6-18-12-5-3-4-11(15)8-12/h3-5,8H,6-7,9-10H2,1-2H3,(H,16,17). The Balaban J connectivity index is 1.69. The van der Waals surface area contributed by atoms with Crippen LogP contribution in [0, 0.1) is 5.41 Å². The van der Waals surface area contributed by atoms with E-state index in [0.29, 0.717) is 6.61 Å². The molecule has 0 unspecified atom stereocenters. The predicted molar refractivity (Wildman–Crippen MR) is 86.2 cm³/mol. The maximum absolute atomic E-state index is 5.69. The predicted octanol–water partition coefficient (Wildman–Crippen LogP) is 3.55. The quantitative estimate of drug-likeness (QED) is 0.849. The molecule has 1 aliphatic heterocycles. The van der Waals surface area contributed by atoms with Crippen LogP contribution in [0.15, 0.2) is 33.7 Å². The molecule has 0 saturated heterocycles. The zero-order valence-corrected chi connectivity index (χ0v) is 13.7. The van der Waals surface area contributed by atoms with E-state index in [1.165, 1.54) is 0 Å². The van der Waals surface area contributed by atoms with Crippen LogP contribution in [0.2, 0.25) is 0 Å². The molecule has 5 heteroatoms. The molecule has 0 bridgehead atoms. The van der Waals surface area contributed by atoms with Gasteiger partial charge in [0, 0.05) is 28.7 Å². The van der Waals surface area contributed by atoms with Gasteiger partial charge in [-0.25, -0.2) is 0 Å². The maximum Gasteiger partial charge on any atom is 0.156 e. The van der Waals surface area contributed by atoms with Crippen molar-refractivity contribution in [3.8, 4) is 5.75 Å². The average molecular weight is 343 g/mol. The lowest BCUT2D eigenvalue weighted by molar-refractivity contribution is 0.343. The normalized spacial score (nSPS) is 17.5. The van der Waals surface area contributed by atoms with Crippen LogP contribution in [0.5, 0.6) is 5.75 Å². The van der Waals surface area contributed by atoms with Gasteiger partial charge in [0.05, 0.1) is 6.61 Å². The fraction of sp³-hybridized carbons (Fsp3) is 0.500. The Kier molecular flexibility index (Phi) is 5.16. The molecule has 0 fully saturated rings. The Bertz CT molecular complexity index is 463. The maximum atomic E-state index is 5.69. The zero-order valence-electron chi connectivity index (χ0n) is 11.3. The molecular formula is C14H19BrN2OS. The molecule has 19 heavy (non-hydrogen) atoms. The lowest BCUT2D eigenvalue weighted by Crippen LogP contribution is -2.39. The second kappa shape index (κ2) is 6.66. The van der Waals surface area contributed by atoms with Gasteiger partial charge in [0.15, 0.2) is 5.17 Å². The van der Waals surface area contributed by atoms with Crippen molar-refractivity contribution >= 4 is 32.9 Å². The summed E-state index contributed by atoms with van der Waals surface area (Å²) >= 11 is 5.15. The van der Waals surface area contributed by atoms with E-state index in [-0.39, 0.29) is 5.41 Å². The number of aliphatic imine (C=N–C) groups is 1. The Morgan fingerprint density at radius 1 is 1.47 bits per heavy atom. The van der Waals surface area contributed by atoms with Crippen LogP contribution >= 0.6 is 27.7 Å². The van der Waals surface area contributed by atoms with E-state index < -0.39 is 0 Å². The van der Waals surface area contributed by atoms with Gasteiger partial charge in [-0.05, 0) is 18.2 Å². The molecule has 1 aromatic carbocycles. The van der Waals surface area contributed by atoms with Crippen molar-refractivity contribution in [1.82, 2.24) is 5.32 Å².